The Balaban J connectivity index is 1.61. The topological polar surface area (TPSA) is 42.4 Å². The lowest BCUT2D eigenvalue weighted by atomic mass is 10.0. The highest BCUT2D eigenvalue weighted by Gasteiger charge is 2.15. The molecule has 0 radical (unpaired) electrons. The molecule has 0 aliphatic heterocycles. The molecule has 0 spiro atoms. The van der Waals surface area contributed by atoms with Gasteiger partial charge in [0, 0.05) is 10.1 Å². The summed E-state index contributed by atoms with van der Waals surface area (Å²) in [7, 11) is 0. The Morgan fingerprint density at radius 2 is 1.73 bits per heavy atom. The molecular weight excluding hydrogens is 390 g/mol. The number of thiophene rings is 1. The number of hydrogen-bond donors (Lipinski definition) is 1. The second-order valence-electron chi connectivity index (χ2n) is 7.35. The molecule has 30 heavy (non-hydrogen) atoms. The summed E-state index contributed by atoms with van der Waals surface area (Å²) in [4.78, 5) is 6.08. The number of aliphatic hydroxyl groups is 1. The molecule has 0 unspecified atom stereocenters. The lowest BCUT2D eigenvalue weighted by molar-refractivity contribution is 0.281. The van der Waals surface area contributed by atoms with Crippen molar-refractivity contribution in [3.8, 4) is 16.3 Å². The lowest BCUT2D eigenvalue weighted by Crippen LogP contribution is -2.00. The molecule has 3 aromatic carbocycles. The first kappa shape index (κ1) is 18.8. The number of aromatic nitrogens is 1. The van der Waals surface area contributed by atoms with Gasteiger partial charge >= 0.3 is 0 Å². The number of fused-ring (bicyclic) bond motifs is 2. The predicted octanol–water partition coefficient (Wildman–Crippen LogP) is 6.50. The van der Waals surface area contributed by atoms with Gasteiger partial charge in [0.2, 0.25) is 0 Å². The Morgan fingerprint density at radius 3 is 2.53 bits per heavy atom. The molecule has 0 aliphatic rings. The smallest absolute Gasteiger partial charge is 0.129 e. The van der Waals surface area contributed by atoms with Gasteiger partial charge in [0.05, 0.1) is 22.7 Å². The van der Waals surface area contributed by atoms with Crippen LogP contribution in [-0.4, -0.2) is 10.1 Å². The maximum Gasteiger partial charge on any atom is 0.129 e. The van der Waals surface area contributed by atoms with Crippen molar-refractivity contribution in [3.05, 3.63) is 95.6 Å². The standard InChI is InChI=1S/C26H21NO2S/c1-17-11-12-22(29-16-18-7-3-2-4-8-18)25-20(15-28)13-21(27-26(17)25)24-14-19-9-5-6-10-23(19)30-24/h2-14,28H,15-16H2,1H3. The molecule has 0 atom stereocenters. The van der Waals surface area contributed by atoms with Crippen molar-refractivity contribution in [2.75, 3.05) is 0 Å². The van der Waals surface area contributed by atoms with Gasteiger partial charge in [-0.3, -0.25) is 0 Å². The fourth-order valence-electron chi connectivity index (χ4n) is 3.74. The Kier molecular flexibility index (Phi) is 4.95. The minimum absolute atomic E-state index is 0.0674. The van der Waals surface area contributed by atoms with Gasteiger partial charge in [-0.1, -0.05) is 54.6 Å². The zero-order valence-electron chi connectivity index (χ0n) is 16.6. The number of pyridine rings is 1. The zero-order chi connectivity index (χ0) is 20.5. The van der Waals surface area contributed by atoms with Crippen LogP contribution in [0.25, 0.3) is 31.6 Å². The van der Waals surface area contributed by atoms with Crippen molar-refractivity contribution in [1.82, 2.24) is 4.98 Å². The van der Waals surface area contributed by atoms with Crippen LogP contribution >= 0.6 is 11.3 Å². The van der Waals surface area contributed by atoms with Crippen LogP contribution in [0.15, 0.2) is 78.9 Å². The van der Waals surface area contributed by atoms with Crippen LogP contribution < -0.4 is 4.74 Å². The molecule has 1 N–H and O–H groups in total. The summed E-state index contributed by atoms with van der Waals surface area (Å²) >= 11 is 1.72. The first-order chi connectivity index (χ1) is 14.7. The highest BCUT2D eigenvalue weighted by Crippen LogP contribution is 2.37. The van der Waals surface area contributed by atoms with Crippen molar-refractivity contribution in [2.24, 2.45) is 0 Å². The molecule has 0 fully saturated rings. The van der Waals surface area contributed by atoms with E-state index in [4.69, 9.17) is 9.72 Å². The van der Waals surface area contributed by atoms with E-state index in [2.05, 4.69) is 24.3 Å². The predicted molar refractivity (Wildman–Crippen MR) is 124 cm³/mol. The van der Waals surface area contributed by atoms with E-state index in [0.29, 0.717) is 6.61 Å². The average molecular weight is 412 g/mol. The second kappa shape index (κ2) is 7.90. The van der Waals surface area contributed by atoms with Crippen molar-refractivity contribution in [2.45, 2.75) is 20.1 Å². The molecule has 5 aromatic rings. The zero-order valence-corrected chi connectivity index (χ0v) is 17.4. The maximum atomic E-state index is 10.2. The van der Waals surface area contributed by atoms with Crippen molar-refractivity contribution < 1.29 is 9.84 Å². The van der Waals surface area contributed by atoms with E-state index >= 15 is 0 Å². The number of aliphatic hydroxyl groups excluding tert-OH is 1. The summed E-state index contributed by atoms with van der Waals surface area (Å²) in [5, 5.41) is 12.3. The van der Waals surface area contributed by atoms with Crippen LogP contribution in [0, 0.1) is 6.92 Å². The molecule has 0 saturated heterocycles. The van der Waals surface area contributed by atoms with E-state index in [1.807, 2.05) is 61.5 Å². The van der Waals surface area contributed by atoms with E-state index in [9.17, 15) is 5.11 Å². The van der Waals surface area contributed by atoms with Gasteiger partial charge in [0.15, 0.2) is 0 Å². The van der Waals surface area contributed by atoms with E-state index < -0.39 is 0 Å². The van der Waals surface area contributed by atoms with Gasteiger partial charge in [0.1, 0.15) is 12.4 Å². The number of aryl methyl sites for hydroxylation is 1. The second-order valence-corrected chi connectivity index (χ2v) is 8.44. The summed E-state index contributed by atoms with van der Waals surface area (Å²) in [6, 6.07) is 26.6. The van der Waals surface area contributed by atoms with Crippen LogP contribution in [0.1, 0.15) is 16.7 Å². The van der Waals surface area contributed by atoms with Gasteiger partial charge in [-0.2, -0.15) is 0 Å². The third kappa shape index (κ3) is 3.45. The number of benzene rings is 3. The third-order valence-electron chi connectivity index (χ3n) is 5.29. The Bertz CT molecular complexity index is 1310. The molecule has 0 bridgehead atoms. The fourth-order valence-corrected chi connectivity index (χ4v) is 4.76. The van der Waals surface area contributed by atoms with Crippen molar-refractivity contribution in [3.63, 3.8) is 0 Å². The highest BCUT2D eigenvalue weighted by molar-refractivity contribution is 7.22. The quantitative estimate of drug-likeness (QED) is 0.359. The van der Waals surface area contributed by atoms with E-state index in [1.165, 1.54) is 10.1 Å². The number of hydrogen-bond acceptors (Lipinski definition) is 4. The first-order valence-corrected chi connectivity index (χ1v) is 10.7. The molecule has 4 heteroatoms. The molecule has 3 nitrogen and oxygen atoms in total. The van der Waals surface area contributed by atoms with E-state index in [0.717, 1.165) is 43.9 Å². The third-order valence-corrected chi connectivity index (χ3v) is 6.43. The molecule has 2 aromatic heterocycles. The summed E-state index contributed by atoms with van der Waals surface area (Å²) < 4.78 is 7.38. The van der Waals surface area contributed by atoms with Crippen molar-refractivity contribution >= 4 is 32.3 Å². The average Bonchev–Trinajstić information content (AvgIpc) is 3.23. The van der Waals surface area contributed by atoms with Gasteiger partial charge in [-0.05, 0) is 53.3 Å². The summed E-state index contributed by atoms with van der Waals surface area (Å²) in [6.07, 6.45) is 0. The van der Waals surface area contributed by atoms with E-state index in [-0.39, 0.29) is 6.61 Å². The Labute approximate surface area is 179 Å². The molecule has 148 valence electrons. The van der Waals surface area contributed by atoms with Crippen LogP contribution in [0.3, 0.4) is 0 Å². The SMILES string of the molecule is Cc1ccc(OCc2ccccc2)c2c(CO)cc(-c3cc4ccccc4s3)nc12. The normalized spacial score (nSPS) is 11.3. The number of ether oxygens (including phenoxy) is 1. The van der Waals surface area contributed by atoms with Crippen LogP contribution in [-0.2, 0) is 13.2 Å². The largest absolute Gasteiger partial charge is 0.488 e. The fraction of sp³-hybridized carbons (Fsp3) is 0.115. The van der Waals surface area contributed by atoms with Crippen molar-refractivity contribution in [1.29, 1.82) is 0 Å². The maximum absolute atomic E-state index is 10.2. The minimum Gasteiger partial charge on any atom is -0.488 e. The van der Waals surface area contributed by atoms with Crippen LogP contribution in [0.4, 0.5) is 0 Å². The molecule has 0 aliphatic carbocycles. The van der Waals surface area contributed by atoms with Crippen LogP contribution in [0.2, 0.25) is 0 Å². The monoisotopic (exact) mass is 411 g/mol. The lowest BCUT2D eigenvalue weighted by Gasteiger charge is -2.14. The minimum atomic E-state index is -0.0674. The number of rotatable bonds is 5. The summed E-state index contributed by atoms with van der Waals surface area (Å²) in [6.45, 7) is 2.45. The summed E-state index contributed by atoms with van der Waals surface area (Å²) in [5.41, 5.74) is 4.76. The van der Waals surface area contributed by atoms with Gasteiger partial charge in [0.25, 0.3) is 0 Å². The van der Waals surface area contributed by atoms with Crippen LogP contribution in [0.5, 0.6) is 5.75 Å². The number of nitrogens with zero attached hydrogens (tertiary/aromatic N) is 1. The molecule has 2 heterocycles. The molecule has 5 rings (SSSR count). The van der Waals surface area contributed by atoms with Gasteiger partial charge < -0.3 is 9.84 Å². The first-order valence-electron chi connectivity index (χ1n) is 9.93. The Hall–Kier alpha value is -3.21. The van der Waals surface area contributed by atoms with Gasteiger partial charge in [-0.25, -0.2) is 4.98 Å². The molecule has 0 saturated carbocycles. The highest BCUT2D eigenvalue weighted by atomic mass is 32.1. The van der Waals surface area contributed by atoms with Gasteiger partial charge in [-0.15, -0.1) is 11.3 Å². The van der Waals surface area contributed by atoms with E-state index in [1.54, 1.807) is 11.3 Å². The molecular formula is C26H21NO2S. The molecule has 0 amide bonds. The Morgan fingerprint density at radius 1 is 0.933 bits per heavy atom. The summed E-state index contributed by atoms with van der Waals surface area (Å²) in [5.74, 6) is 0.749.